The Bertz CT molecular complexity index is 533. The molecule has 0 unspecified atom stereocenters. The molecular formula is C13H21N3O3S. The van der Waals surface area contributed by atoms with Crippen molar-refractivity contribution in [3.8, 4) is 0 Å². The van der Waals surface area contributed by atoms with Crippen LogP contribution in [0.15, 0.2) is 34.8 Å². The highest BCUT2D eigenvalue weighted by Gasteiger charge is 2.14. The lowest BCUT2D eigenvalue weighted by Gasteiger charge is -2.05. The summed E-state index contributed by atoms with van der Waals surface area (Å²) in [6.45, 7) is 1.42. The first-order valence-corrected chi connectivity index (χ1v) is 7.94. The third-order valence-electron chi connectivity index (χ3n) is 2.81. The highest BCUT2D eigenvalue weighted by atomic mass is 32.2. The number of nitrogens with one attached hydrogen (secondary N) is 3. The van der Waals surface area contributed by atoms with Gasteiger partial charge in [0.2, 0.25) is 10.0 Å². The van der Waals surface area contributed by atoms with Gasteiger partial charge in [0, 0.05) is 12.1 Å². The highest BCUT2D eigenvalue weighted by Crippen LogP contribution is 2.14. The predicted molar refractivity (Wildman–Crippen MR) is 79.5 cm³/mol. The molecule has 0 fully saturated rings. The summed E-state index contributed by atoms with van der Waals surface area (Å²) in [4.78, 5) is 12.1. The molecule has 0 spiro atoms. The van der Waals surface area contributed by atoms with Gasteiger partial charge >= 0.3 is 0 Å². The van der Waals surface area contributed by atoms with Crippen LogP contribution in [0.4, 0.5) is 0 Å². The van der Waals surface area contributed by atoms with Crippen LogP contribution in [0.3, 0.4) is 0 Å². The molecule has 0 heterocycles. The molecule has 7 heteroatoms. The Labute approximate surface area is 120 Å². The standard InChI is InChI=1S/C13H21N3O3S/c1-14-9-4-10-16-13(17)11-5-3-6-12(8-7-11)20(18,19)15-2/h5-8,14-15H,3-4,9-10H2,1-2H3,(H,16,17). The molecule has 1 amide bonds. The normalized spacial score (nSPS) is 15.3. The maximum absolute atomic E-state index is 11.9. The average Bonchev–Trinajstić information content (AvgIpc) is 2.69. The summed E-state index contributed by atoms with van der Waals surface area (Å²) in [5, 5.41) is 5.79. The predicted octanol–water partition coefficient (Wildman–Crippen LogP) is 0.0315. The molecule has 112 valence electrons. The number of carbonyl (C=O) groups excluding carboxylic acids is 1. The fraction of sp³-hybridized carbons (Fsp3) is 0.462. The van der Waals surface area contributed by atoms with Crippen molar-refractivity contribution >= 4 is 15.9 Å². The Balaban J connectivity index is 2.62. The van der Waals surface area contributed by atoms with E-state index in [0.717, 1.165) is 13.0 Å². The lowest BCUT2D eigenvalue weighted by Crippen LogP contribution is -2.27. The van der Waals surface area contributed by atoms with Crippen LogP contribution in [0.25, 0.3) is 0 Å². The zero-order chi connectivity index (χ0) is 15.0. The van der Waals surface area contributed by atoms with E-state index in [9.17, 15) is 13.2 Å². The Hall–Kier alpha value is -1.44. The van der Waals surface area contributed by atoms with Crippen LogP contribution in [-0.2, 0) is 14.8 Å². The summed E-state index contributed by atoms with van der Waals surface area (Å²) in [5.41, 5.74) is 0.479. The summed E-state index contributed by atoms with van der Waals surface area (Å²) in [6, 6.07) is 0. The molecule has 20 heavy (non-hydrogen) atoms. The van der Waals surface area contributed by atoms with Crippen molar-refractivity contribution in [2.75, 3.05) is 27.2 Å². The largest absolute Gasteiger partial charge is 0.352 e. The Morgan fingerprint density at radius 2 is 1.95 bits per heavy atom. The molecule has 1 aliphatic carbocycles. The average molecular weight is 299 g/mol. The number of carbonyl (C=O) groups is 1. The summed E-state index contributed by atoms with van der Waals surface area (Å²) >= 11 is 0. The first-order valence-electron chi connectivity index (χ1n) is 6.46. The molecule has 0 atom stereocenters. The number of rotatable bonds is 7. The lowest BCUT2D eigenvalue weighted by molar-refractivity contribution is -0.117. The number of allylic oxidation sites excluding steroid dienone is 3. The molecule has 0 aromatic heterocycles. The van der Waals surface area contributed by atoms with Gasteiger partial charge in [-0.15, -0.1) is 0 Å². The van der Waals surface area contributed by atoms with E-state index in [4.69, 9.17) is 0 Å². The van der Waals surface area contributed by atoms with E-state index in [2.05, 4.69) is 15.4 Å². The molecule has 3 N–H and O–H groups in total. The van der Waals surface area contributed by atoms with Gasteiger partial charge in [0.1, 0.15) is 0 Å². The first-order chi connectivity index (χ1) is 9.51. The maximum atomic E-state index is 11.9. The summed E-state index contributed by atoms with van der Waals surface area (Å²) in [7, 11) is -0.253. The first kappa shape index (κ1) is 16.6. The summed E-state index contributed by atoms with van der Waals surface area (Å²) in [6.07, 6.45) is 7.50. The molecule has 0 aromatic carbocycles. The molecule has 0 radical (unpaired) electrons. The van der Waals surface area contributed by atoms with Crippen molar-refractivity contribution in [3.05, 3.63) is 34.8 Å². The number of sulfonamides is 1. The van der Waals surface area contributed by atoms with Crippen molar-refractivity contribution in [2.24, 2.45) is 0 Å². The molecule has 0 saturated heterocycles. The highest BCUT2D eigenvalue weighted by molar-refractivity contribution is 7.93. The number of amides is 1. The van der Waals surface area contributed by atoms with Gasteiger partial charge in [-0.25, -0.2) is 13.1 Å². The Morgan fingerprint density at radius 1 is 1.20 bits per heavy atom. The van der Waals surface area contributed by atoms with Crippen LogP contribution in [-0.4, -0.2) is 41.5 Å². The molecule has 0 aromatic rings. The van der Waals surface area contributed by atoms with Gasteiger partial charge in [-0.3, -0.25) is 4.79 Å². The SMILES string of the molecule is CNCCCNC(=O)C1=CCC=C(S(=O)(=O)NC)C=C1. The minimum absolute atomic E-state index is 0.175. The van der Waals surface area contributed by atoms with Crippen LogP contribution >= 0.6 is 0 Å². The fourth-order valence-electron chi connectivity index (χ4n) is 1.66. The number of hydrogen-bond donors (Lipinski definition) is 3. The molecule has 0 saturated carbocycles. The molecule has 6 nitrogen and oxygen atoms in total. The fourth-order valence-corrected chi connectivity index (χ4v) is 2.46. The minimum Gasteiger partial charge on any atom is -0.352 e. The van der Waals surface area contributed by atoms with E-state index >= 15 is 0 Å². The monoisotopic (exact) mass is 299 g/mol. The molecular weight excluding hydrogens is 278 g/mol. The summed E-state index contributed by atoms with van der Waals surface area (Å²) < 4.78 is 25.6. The van der Waals surface area contributed by atoms with Gasteiger partial charge in [0.05, 0.1) is 4.91 Å². The van der Waals surface area contributed by atoms with Crippen molar-refractivity contribution in [1.29, 1.82) is 0 Å². The van der Waals surface area contributed by atoms with E-state index in [-0.39, 0.29) is 10.8 Å². The third kappa shape index (κ3) is 4.92. The van der Waals surface area contributed by atoms with Crippen molar-refractivity contribution in [3.63, 3.8) is 0 Å². The van der Waals surface area contributed by atoms with Crippen LogP contribution in [0, 0.1) is 0 Å². The van der Waals surface area contributed by atoms with E-state index in [1.807, 2.05) is 7.05 Å². The topological polar surface area (TPSA) is 87.3 Å². The second-order valence-electron chi connectivity index (χ2n) is 4.26. The van der Waals surface area contributed by atoms with Crippen molar-refractivity contribution in [1.82, 2.24) is 15.4 Å². The maximum Gasteiger partial charge on any atom is 0.250 e. The molecule has 1 rings (SSSR count). The van der Waals surface area contributed by atoms with Gasteiger partial charge in [-0.2, -0.15) is 0 Å². The van der Waals surface area contributed by atoms with Gasteiger partial charge in [-0.05, 0) is 45.6 Å². The molecule has 0 aliphatic heterocycles. The Kier molecular flexibility index (Phi) is 6.63. The third-order valence-corrected chi connectivity index (χ3v) is 4.28. The van der Waals surface area contributed by atoms with Gasteiger partial charge in [0.15, 0.2) is 0 Å². The van der Waals surface area contributed by atoms with Crippen LogP contribution in [0.5, 0.6) is 0 Å². The van der Waals surface area contributed by atoms with Crippen LogP contribution < -0.4 is 15.4 Å². The minimum atomic E-state index is -3.47. The number of hydrogen-bond acceptors (Lipinski definition) is 4. The van der Waals surface area contributed by atoms with E-state index in [1.54, 1.807) is 12.2 Å². The second-order valence-corrected chi connectivity index (χ2v) is 6.14. The Morgan fingerprint density at radius 3 is 2.60 bits per heavy atom. The second kappa shape index (κ2) is 7.98. The van der Waals surface area contributed by atoms with E-state index in [1.165, 1.54) is 19.2 Å². The van der Waals surface area contributed by atoms with E-state index in [0.29, 0.717) is 18.5 Å². The smallest absolute Gasteiger partial charge is 0.250 e. The van der Waals surface area contributed by atoms with Gasteiger partial charge in [0.25, 0.3) is 5.91 Å². The zero-order valence-corrected chi connectivity index (χ0v) is 12.6. The van der Waals surface area contributed by atoms with Gasteiger partial charge < -0.3 is 10.6 Å². The molecule has 1 aliphatic rings. The van der Waals surface area contributed by atoms with Crippen molar-refractivity contribution in [2.45, 2.75) is 12.8 Å². The summed E-state index contributed by atoms with van der Waals surface area (Å²) in [5.74, 6) is -0.186. The van der Waals surface area contributed by atoms with E-state index < -0.39 is 10.0 Å². The lowest BCUT2D eigenvalue weighted by atomic mass is 10.2. The molecule has 0 bridgehead atoms. The van der Waals surface area contributed by atoms with Crippen LogP contribution in [0.1, 0.15) is 12.8 Å². The zero-order valence-electron chi connectivity index (χ0n) is 11.8. The quantitative estimate of drug-likeness (QED) is 0.579. The van der Waals surface area contributed by atoms with Crippen LogP contribution in [0.2, 0.25) is 0 Å². The van der Waals surface area contributed by atoms with Crippen molar-refractivity contribution < 1.29 is 13.2 Å². The van der Waals surface area contributed by atoms with Gasteiger partial charge in [-0.1, -0.05) is 12.2 Å².